The highest BCUT2D eigenvalue weighted by Gasteiger charge is 2.21. The average Bonchev–Trinajstić information content (AvgIpc) is 2.46. The van der Waals surface area contributed by atoms with Gasteiger partial charge in [-0.05, 0) is 25.5 Å². The number of nitrogens with one attached hydrogen (secondary N) is 2. The van der Waals surface area contributed by atoms with Crippen molar-refractivity contribution in [2.75, 3.05) is 30.0 Å². The predicted octanol–water partition coefficient (Wildman–Crippen LogP) is 3.82. The minimum atomic E-state index is -0.0463. The van der Waals surface area contributed by atoms with E-state index in [9.17, 15) is 0 Å². The molecule has 5 heteroatoms. The maximum atomic E-state index is 4.77. The summed E-state index contributed by atoms with van der Waals surface area (Å²) in [5.74, 6) is 4.08. The largest absolute Gasteiger partial charge is 0.373 e. The lowest BCUT2D eigenvalue weighted by atomic mass is 9.95. The Morgan fingerprint density at radius 3 is 2.48 bits per heavy atom. The zero-order chi connectivity index (χ0) is 15.5. The van der Waals surface area contributed by atoms with Crippen LogP contribution in [0.25, 0.3) is 0 Å². The van der Waals surface area contributed by atoms with E-state index in [0.29, 0.717) is 5.25 Å². The van der Waals surface area contributed by atoms with Crippen molar-refractivity contribution >= 4 is 23.4 Å². The first-order chi connectivity index (χ1) is 9.91. The van der Waals surface area contributed by atoms with Crippen molar-refractivity contribution in [1.29, 1.82) is 0 Å². The third-order valence-corrected chi connectivity index (χ3v) is 5.22. The summed E-state index contributed by atoms with van der Waals surface area (Å²) in [6, 6.07) is 0. The Morgan fingerprint density at radius 1 is 1.19 bits per heavy atom. The van der Waals surface area contributed by atoms with Crippen molar-refractivity contribution in [3.8, 4) is 0 Å². The Labute approximate surface area is 132 Å². The maximum absolute atomic E-state index is 4.77. The van der Waals surface area contributed by atoms with Crippen LogP contribution in [-0.2, 0) is 5.41 Å². The van der Waals surface area contributed by atoms with Crippen molar-refractivity contribution in [3.05, 3.63) is 11.4 Å². The summed E-state index contributed by atoms with van der Waals surface area (Å²) in [7, 11) is 1.92. The monoisotopic (exact) mass is 308 g/mol. The normalized spacial score (nSPS) is 19.4. The van der Waals surface area contributed by atoms with E-state index in [4.69, 9.17) is 4.98 Å². The van der Waals surface area contributed by atoms with Gasteiger partial charge in [0.1, 0.15) is 17.5 Å². The Balaban J connectivity index is 2.16. The third-order valence-electron chi connectivity index (χ3n) is 3.82. The standard InChI is InChI=1S/C16H28N4S/c1-11-13(17-5)19-15(16(2,3)4)20-14(11)18-10-12-8-6-7-9-21-12/h12H,6-10H2,1-5H3,(H2,17,18,19,20). The fourth-order valence-corrected chi connectivity index (χ4v) is 3.69. The van der Waals surface area contributed by atoms with E-state index in [0.717, 1.165) is 29.6 Å². The van der Waals surface area contributed by atoms with Crippen LogP contribution in [0.3, 0.4) is 0 Å². The number of thioether (sulfide) groups is 1. The second-order valence-electron chi connectivity index (χ2n) is 6.74. The number of rotatable bonds is 4. The van der Waals surface area contributed by atoms with Crippen molar-refractivity contribution < 1.29 is 0 Å². The van der Waals surface area contributed by atoms with Gasteiger partial charge in [0.15, 0.2) is 0 Å². The molecular formula is C16H28N4S. The van der Waals surface area contributed by atoms with Gasteiger partial charge < -0.3 is 10.6 Å². The molecule has 1 aromatic heterocycles. The molecule has 1 aliphatic rings. The number of hydrogen-bond donors (Lipinski definition) is 2. The van der Waals surface area contributed by atoms with Crippen LogP contribution >= 0.6 is 11.8 Å². The van der Waals surface area contributed by atoms with E-state index < -0.39 is 0 Å². The molecule has 1 atom stereocenters. The second-order valence-corrected chi connectivity index (χ2v) is 8.15. The van der Waals surface area contributed by atoms with Crippen LogP contribution in [-0.4, -0.2) is 34.6 Å². The van der Waals surface area contributed by atoms with Crippen LogP contribution in [0.5, 0.6) is 0 Å². The van der Waals surface area contributed by atoms with Gasteiger partial charge >= 0.3 is 0 Å². The molecule has 0 bridgehead atoms. The Morgan fingerprint density at radius 2 is 1.90 bits per heavy atom. The molecule has 0 amide bonds. The lowest BCUT2D eigenvalue weighted by Crippen LogP contribution is -2.23. The molecule has 1 saturated heterocycles. The van der Waals surface area contributed by atoms with Crippen molar-refractivity contribution in [3.63, 3.8) is 0 Å². The Hall–Kier alpha value is -0.970. The molecule has 21 heavy (non-hydrogen) atoms. The zero-order valence-corrected chi connectivity index (χ0v) is 14.7. The number of hydrogen-bond acceptors (Lipinski definition) is 5. The smallest absolute Gasteiger partial charge is 0.138 e. The van der Waals surface area contributed by atoms with Gasteiger partial charge in [-0.3, -0.25) is 0 Å². The van der Waals surface area contributed by atoms with Crippen molar-refractivity contribution in [2.45, 2.75) is 57.6 Å². The Bertz CT molecular complexity index is 476. The topological polar surface area (TPSA) is 49.8 Å². The van der Waals surface area contributed by atoms with Gasteiger partial charge in [0.2, 0.25) is 0 Å². The minimum Gasteiger partial charge on any atom is -0.373 e. The maximum Gasteiger partial charge on any atom is 0.138 e. The molecule has 1 aliphatic heterocycles. The summed E-state index contributed by atoms with van der Waals surface area (Å²) in [4.78, 5) is 9.42. The Kier molecular flexibility index (Phi) is 5.36. The molecule has 2 heterocycles. The van der Waals surface area contributed by atoms with E-state index in [-0.39, 0.29) is 5.41 Å². The lowest BCUT2D eigenvalue weighted by molar-refractivity contribution is 0.546. The summed E-state index contributed by atoms with van der Waals surface area (Å²) >= 11 is 2.09. The second kappa shape index (κ2) is 6.86. The third kappa shape index (κ3) is 4.25. The van der Waals surface area contributed by atoms with Crippen LogP contribution < -0.4 is 10.6 Å². The van der Waals surface area contributed by atoms with Crippen LogP contribution in [0, 0.1) is 6.92 Å². The highest BCUT2D eigenvalue weighted by Crippen LogP contribution is 2.28. The summed E-state index contributed by atoms with van der Waals surface area (Å²) in [6.45, 7) is 9.53. The molecular weight excluding hydrogens is 280 g/mol. The SMILES string of the molecule is CNc1nc(C(C)(C)C)nc(NCC2CCCCS2)c1C. The van der Waals surface area contributed by atoms with Gasteiger partial charge in [-0.15, -0.1) is 0 Å². The molecule has 0 radical (unpaired) electrons. The predicted molar refractivity (Wildman–Crippen MR) is 93.6 cm³/mol. The average molecular weight is 308 g/mol. The van der Waals surface area contributed by atoms with Crippen LogP contribution in [0.4, 0.5) is 11.6 Å². The molecule has 1 aromatic rings. The summed E-state index contributed by atoms with van der Waals surface area (Å²) in [5, 5.41) is 7.46. The molecule has 2 N–H and O–H groups in total. The minimum absolute atomic E-state index is 0.0463. The molecule has 0 aromatic carbocycles. The van der Waals surface area contributed by atoms with Crippen molar-refractivity contribution in [1.82, 2.24) is 9.97 Å². The molecule has 0 spiro atoms. The number of aromatic nitrogens is 2. The molecule has 0 aliphatic carbocycles. The van der Waals surface area contributed by atoms with Crippen LogP contribution in [0.2, 0.25) is 0 Å². The number of nitrogens with zero attached hydrogens (tertiary/aromatic N) is 2. The molecule has 0 saturated carbocycles. The highest BCUT2D eigenvalue weighted by molar-refractivity contribution is 7.99. The van der Waals surface area contributed by atoms with Gasteiger partial charge in [-0.25, -0.2) is 9.97 Å². The highest BCUT2D eigenvalue weighted by atomic mass is 32.2. The molecule has 1 fully saturated rings. The van der Waals surface area contributed by atoms with Gasteiger partial charge in [0.05, 0.1) is 0 Å². The van der Waals surface area contributed by atoms with E-state index in [1.165, 1.54) is 25.0 Å². The summed E-state index contributed by atoms with van der Waals surface area (Å²) in [5.41, 5.74) is 1.06. The quantitative estimate of drug-likeness (QED) is 0.885. The van der Waals surface area contributed by atoms with E-state index >= 15 is 0 Å². The fourth-order valence-electron chi connectivity index (χ4n) is 2.45. The van der Waals surface area contributed by atoms with Crippen LogP contribution in [0.15, 0.2) is 0 Å². The van der Waals surface area contributed by atoms with Crippen LogP contribution in [0.1, 0.15) is 51.4 Å². The first-order valence-corrected chi connectivity index (χ1v) is 8.89. The van der Waals surface area contributed by atoms with Gasteiger partial charge in [0.25, 0.3) is 0 Å². The lowest BCUT2D eigenvalue weighted by Gasteiger charge is -2.24. The van der Waals surface area contributed by atoms with Crippen molar-refractivity contribution in [2.24, 2.45) is 0 Å². The fraction of sp³-hybridized carbons (Fsp3) is 0.750. The summed E-state index contributed by atoms with van der Waals surface area (Å²) < 4.78 is 0. The van der Waals surface area contributed by atoms with E-state index in [1.54, 1.807) is 0 Å². The molecule has 1 unspecified atom stereocenters. The molecule has 118 valence electrons. The zero-order valence-electron chi connectivity index (χ0n) is 13.9. The number of anilines is 2. The van der Waals surface area contributed by atoms with E-state index in [1.807, 2.05) is 7.05 Å². The van der Waals surface area contributed by atoms with Gasteiger partial charge in [0, 0.05) is 29.8 Å². The van der Waals surface area contributed by atoms with Gasteiger partial charge in [-0.1, -0.05) is 27.2 Å². The molecule has 2 rings (SSSR count). The summed E-state index contributed by atoms with van der Waals surface area (Å²) in [6.07, 6.45) is 4.04. The van der Waals surface area contributed by atoms with Gasteiger partial charge in [-0.2, -0.15) is 11.8 Å². The van der Waals surface area contributed by atoms with E-state index in [2.05, 4.69) is 55.1 Å². The first kappa shape index (κ1) is 16.4. The molecule has 4 nitrogen and oxygen atoms in total. The first-order valence-electron chi connectivity index (χ1n) is 7.84.